The molecular weight excluding hydrogens is 619 g/mol. The molecule has 0 aliphatic carbocycles. The van der Waals surface area contributed by atoms with Crippen molar-refractivity contribution >= 4 is 70.5 Å². The number of primary amides is 1. The number of fused-ring (bicyclic) bond motifs is 1. The van der Waals surface area contributed by atoms with Crippen molar-refractivity contribution in [3.8, 4) is 0 Å². The highest BCUT2D eigenvalue weighted by Crippen LogP contribution is 2.41. The van der Waals surface area contributed by atoms with Gasteiger partial charge in [0.15, 0.2) is 28.8 Å². The van der Waals surface area contributed by atoms with Crippen LogP contribution in [0.15, 0.2) is 39.2 Å². The maximum absolute atomic E-state index is 13.0. The lowest BCUT2D eigenvalue weighted by atomic mass is 10.0. The molecule has 0 saturated carbocycles. The van der Waals surface area contributed by atoms with Crippen molar-refractivity contribution in [1.29, 1.82) is 0 Å². The Labute approximate surface area is 221 Å². The first kappa shape index (κ1) is 27.1. The number of esters is 1. The topological polar surface area (TPSA) is 198 Å². The highest BCUT2D eigenvalue weighted by Gasteiger charge is 2.55. The van der Waals surface area contributed by atoms with Gasteiger partial charge in [0.1, 0.15) is 30.8 Å². The Morgan fingerprint density at radius 3 is 2.72 bits per heavy atom. The largest absolute Gasteiger partial charge is 0.521 e. The molecule has 1 aromatic rings. The van der Waals surface area contributed by atoms with E-state index in [1.807, 2.05) is 0 Å². The molecule has 2 aliphatic heterocycles. The first-order valence-electron chi connectivity index (χ1n) is 9.92. The fourth-order valence-corrected chi connectivity index (χ4v) is 4.67. The lowest BCUT2D eigenvalue weighted by Crippen LogP contribution is -2.71. The molecule has 3 heterocycles. The van der Waals surface area contributed by atoms with Gasteiger partial charge in [-0.2, -0.15) is 0 Å². The quantitative estimate of drug-likeness (QED) is 0.0964. The second-order valence-corrected chi connectivity index (χ2v) is 8.48. The van der Waals surface area contributed by atoms with E-state index in [9.17, 15) is 24.0 Å². The second kappa shape index (κ2) is 12.0. The van der Waals surface area contributed by atoms with Crippen LogP contribution in [-0.2, 0) is 36.5 Å². The number of carbonyl (C=O) groups excluding carboxylic acids is 5. The number of hydrogen-bond acceptors (Lipinski definition) is 13. The van der Waals surface area contributed by atoms with Crippen LogP contribution in [0.3, 0.4) is 0 Å². The third kappa shape index (κ3) is 6.01. The van der Waals surface area contributed by atoms with Crippen LogP contribution in [-0.4, -0.2) is 77.8 Å². The van der Waals surface area contributed by atoms with E-state index >= 15 is 0 Å². The average molecular weight is 638 g/mol. The number of thioether (sulfide) groups is 1. The summed E-state index contributed by atoms with van der Waals surface area (Å²) in [6.07, 6.45) is -2.23. The minimum absolute atomic E-state index is 0.114. The highest BCUT2D eigenvalue weighted by atomic mass is 127. The summed E-state index contributed by atoms with van der Waals surface area (Å²) in [7, 11) is 1.24. The van der Waals surface area contributed by atoms with Gasteiger partial charge in [0, 0.05) is 18.2 Å². The molecule has 3 N–H and O–H groups in total. The molecule has 0 aromatic carbocycles. The fraction of sp³-hybridized carbons (Fsp3) is 0.368. The molecule has 36 heavy (non-hydrogen) atoms. The molecule has 0 spiro atoms. The molecule has 15 nitrogen and oxygen atoms in total. The molecule has 1 aromatic heterocycles. The van der Waals surface area contributed by atoms with Gasteiger partial charge in [-0.05, 0) is 12.1 Å². The number of furan rings is 1. The van der Waals surface area contributed by atoms with Crippen LogP contribution >= 0.6 is 34.8 Å². The summed E-state index contributed by atoms with van der Waals surface area (Å²) in [4.78, 5) is 66.9. The highest BCUT2D eigenvalue weighted by molar-refractivity contribution is 14.1. The lowest BCUT2D eigenvalue weighted by Gasteiger charge is -2.49. The second-order valence-electron chi connectivity index (χ2n) is 6.94. The smallest absolute Gasteiger partial charge is 0.462 e. The number of β-lactam (4-membered cyclic amide) rings is 1. The van der Waals surface area contributed by atoms with Gasteiger partial charge in [0.2, 0.25) is 12.0 Å². The van der Waals surface area contributed by atoms with Crippen LogP contribution in [0, 0.1) is 0 Å². The summed E-state index contributed by atoms with van der Waals surface area (Å²) in [5, 5.41) is 5.49. The summed E-state index contributed by atoms with van der Waals surface area (Å²) in [6.45, 7) is 0.862. The van der Waals surface area contributed by atoms with Gasteiger partial charge in [0.05, 0.1) is 6.26 Å². The van der Waals surface area contributed by atoms with Crippen LogP contribution in [0.5, 0.6) is 0 Å². The number of rotatable bonds is 9. The van der Waals surface area contributed by atoms with Crippen molar-refractivity contribution in [2.45, 2.75) is 24.6 Å². The molecule has 2 aliphatic rings. The molecule has 194 valence electrons. The predicted octanol–water partition coefficient (Wildman–Crippen LogP) is 0.772. The number of carbonyl (C=O) groups is 5. The van der Waals surface area contributed by atoms with Gasteiger partial charge < -0.3 is 37.6 Å². The number of nitrogens with one attached hydrogen (secondary N) is 1. The summed E-state index contributed by atoms with van der Waals surface area (Å²) < 4.78 is 24.1. The maximum Gasteiger partial charge on any atom is 0.521 e. The summed E-state index contributed by atoms with van der Waals surface area (Å²) >= 11 is 2.48. The summed E-state index contributed by atoms with van der Waals surface area (Å²) in [5.74, 6) is -2.20. The number of nitrogens with two attached hydrogens (primary N) is 1. The van der Waals surface area contributed by atoms with Crippen LogP contribution in [0.2, 0.25) is 0 Å². The minimum atomic E-state index is -1.37. The van der Waals surface area contributed by atoms with Crippen LogP contribution in [0.1, 0.15) is 12.7 Å². The van der Waals surface area contributed by atoms with E-state index in [2.05, 4.69) is 13.5 Å². The molecule has 1 fully saturated rings. The predicted molar refractivity (Wildman–Crippen MR) is 127 cm³/mol. The molecule has 3 amide bonds. The normalized spacial score (nSPS) is 19.9. The molecule has 17 heteroatoms. The Morgan fingerprint density at radius 2 is 2.11 bits per heavy atom. The van der Waals surface area contributed by atoms with Crippen molar-refractivity contribution in [3.63, 3.8) is 0 Å². The van der Waals surface area contributed by atoms with Crippen molar-refractivity contribution < 1.29 is 50.5 Å². The van der Waals surface area contributed by atoms with E-state index in [0.29, 0.717) is 0 Å². The fourth-order valence-electron chi connectivity index (χ4n) is 3.24. The molecular formula is C19H19IN4O11S. The van der Waals surface area contributed by atoms with E-state index in [4.69, 9.17) is 29.2 Å². The maximum atomic E-state index is 13.0. The number of hydrogen-bond donors (Lipinski definition) is 2. The van der Waals surface area contributed by atoms with Gasteiger partial charge in [-0.25, -0.2) is 14.4 Å². The number of halogens is 1. The zero-order valence-corrected chi connectivity index (χ0v) is 21.6. The third-order valence-corrected chi connectivity index (χ3v) is 6.37. The number of oxime groups is 1. The first-order chi connectivity index (χ1) is 17.2. The summed E-state index contributed by atoms with van der Waals surface area (Å²) in [6, 6.07) is 1.99. The third-order valence-electron chi connectivity index (χ3n) is 4.67. The van der Waals surface area contributed by atoms with Gasteiger partial charge in [-0.1, -0.05) is 5.16 Å². The van der Waals surface area contributed by atoms with Gasteiger partial charge in [0.25, 0.3) is 11.8 Å². The Morgan fingerprint density at radius 1 is 1.36 bits per heavy atom. The zero-order chi connectivity index (χ0) is 26.4. The van der Waals surface area contributed by atoms with Gasteiger partial charge in [-0.15, -0.1) is 11.8 Å². The Balaban J connectivity index is 1.79. The minimum Gasteiger partial charge on any atom is -0.462 e. The summed E-state index contributed by atoms with van der Waals surface area (Å²) in [5.41, 5.74) is 4.81. The van der Waals surface area contributed by atoms with E-state index in [-0.39, 0.29) is 28.5 Å². The molecule has 0 bridgehead atoms. The number of amides is 3. The van der Waals surface area contributed by atoms with E-state index in [1.165, 1.54) is 61.1 Å². The van der Waals surface area contributed by atoms with E-state index < -0.39 is 54.3 Å². The van der Waals surface area contributed by atoms with Gasteiger partial charge in [-0.3, -0.25) is 14.5 Å². The Bertz CT molecular complexity index is 1110. The van der Waals surface area contributed by atoms with E-state index in [0.717, 1.165) is 4.90 Å². The first-order valence-corrected chi connectivity index (χ1v) is 11.9. The standard InChI is InChI=1S/C19H19IN4O11S/c1-8(34-19(29)35-20)33-17(27)13-9(6-32-18(21)28)7-36-16-12(15(26)24(13)16)22-14(25)11(23-30-2)10-4-3-5-31-10/h3-5,8,12,16H,6-7H2,1-2H3,(H2,21,28)(H,22,25)/b23-11+/t8?,12-,16-/m1/s1. The van der Waals surface area contributed by atoms with Gasteiger partial charge >= 0.3 is 18.2 Å². The van der Waals surface area contributed by atoms with Crippen molar-refractivity contribution in [1.82, 2.24) is 10.2 Å². The molecule has 1 unspecified atom stereocenters. The molecule has 1 saturated heterocycles. The Kier molecular flexibility index (Phi) is 9.02. The van der Waals surface area contributed by atoms with E-state index in [1.54, 1.807) is 6.07 Å². The molecule has 3 rings (SSSR count). The average Bonchev–Trinajstić information content (AvgIpc) is 3.37. The van der Waals surface area contributed by atoms with Crippen LogP contribution in [0.4, 0.5) is 9.59 Å². The number of ether oxygens (including phenoxy) is 3. The van der Waals surface area contributed by atoms with Crippen molar-refractivity contribution in [3.05, 3.63) is 35.4 Å². The van der Waals surface area contributed by atoms with Crippen molar-refractivity contribution in [2.75, 3.05) is 19.5 Å². The Hall–Kier alpha value is -3.48. The zero-order valence-electron chi connectivity index (χ0n) is 18.6. The van der Waals surface area contributed by atoms with Crippen molar-refractivity contribution in [2.24, 2.45) is 10.9 Å². The lowest BCUT2D eigenvalue weighted by molar-refractivity contribution is -0.167. The van der Waals surface area contributed by atoms with Crippen LogP contribution < -0.4 is 11.1 Å². The SMILES string of the molecule is CO/N=C(/C(=O)N[C@@H]1C(=O)N2C(C(=O)OC(C)OC(=O)OI)=C(COC(N)=O)CS[C@H]12)c1ccco1. The molecule has 3 atom stereocenters. The number of nitrogens with zero attached hydrogens (tertiary/aromatic N) is 2. The molecule has 0 radical (unpaired) electrons. The van der Waals surface area contributed by atoms with Crippen LogP contribution in [0.25, 0.3) is 0 Å². The monoisotopic (exact) mass is 638 g/mol.